The average Bonchev–Trinajstić information content (AvgIpc) is 2.78. The SMILES string of the molecule is NC(CC1CCCC1)c1ccc(F)c(F)c1Br. The van der Waals surface area contributed by atoms with Crippen LogP contribution in [0.25, 0.3) is 0 Å². The van der Waals surface area contributed by atoms with Crippen molar-refractivity contribution in [2.45, 2.75) is 38.1 Å². The van der Waals surface area contributed by atoms with Gasteiger partial charge >= 0.3 is 0 Å². The second-order valence-electron chi connectivity index (χ2n) is 4.76. The minimum atomic E-state index is -0.843. The Morgan fingerprint density at radius 3 is 2.59 bits per heavy atom. The molecule has 0 radical (unpaired) electrons. The fraction of sp³-hybridized carbons (Fsp3) is 0.538. The molecule has 0 saturated heterocycles. The second-order valence-corrected chi connectivity index (χ2v) is 5.55. The van der Waals surface area contributed by atoms with Crippen molar-refractivity contribution in [2.24, 2.45) is 11.7 Å². The highest BCUT2D eigenvalue weighted by atomic mass is 79.9. The van der Waals surface area contributed by atoms with Crippen LogP contribution in [-0.4, -0.2) is 0 Å². The summed E-state index contributed by atoms with van der Waals surface area (Å²) in [5, 5.41) is 0. The van der Waals surface area contributed by atoms with Gasteiger partial charge in [0.15, 0.2) is 11.6 Å². The van der Waals surface area contributed by atoms with E-state index in [0.29, 0.717) is 11.5 Å². The Morgan fingerprint density at radius 1 is 1.29 bits per heavy atom. The fourth-order valence-electron chi connectivity index (χ4n) is 2.56. The van der Waals surface area contributed by atoms with Crippen molar-refractivity contribution >= 4 is 15.9 Å². The number of nitrogens with two attached hydrogens (primary N) is 1. The molecule has 1 aliphatic rings. The first-order valence-electron chi connectivity index (χ1n) is 5.98. The zero-order chi connectivity index (χ0) is 12.4. The normalized spacial score (nSPS) is 18.6. The number of hydrogen-bond donors (Lipinski definition) is 1. The quantitative estimate of drug-likeness (QED) is 0.828. The first-order valence-corrected chi connectivity index (χ1v) is 6.78. The molecule has 1 aliphatic carbocycles. The number of benzene rings is 1. The van der Waals surface area contributed by atoms with E-state index in [4.69, 9.17) is 5.73 Å². The van der Waals surface area contributed by atoms with Gasteiger partial charge in [0.25, 0.3) is 0 Å². The molecule has 1 nitrogen and oxygen atoms in total. The van der Waals surface area contributed by atoms with Gasteiger partial charge in [0.1, 0.15) is 0 Å². The summed E-state index contributed by atoms with van der Waals surface area (Å²) in [6, 6.07) is 2.49. The molecule has 0 spiro atoms. The molecule has 1 fully saturated rings. The van der Waals surface area contributed by atoms with Gasteiger partial charge in [-0.25, -0.2) is 8.78 Å². The number of rotatable bonds is 3. The lowest BCUT2D eigenvalue weighted by molar-refractivity contribution is 0.445. The Labute approximate surface area is 109 Å². The monoisotopic (exact) mass is 303 g/mol. The predicted molar refractivity (Wildman–Crippen MR) is 67.6 cm³/mol. The third-order valence-electron chi connectivity index (χ3n) is 3.53. The van der Waals surface area contributed by atoms with Gasteiger partial charge in [-0.2, -0.15) is 0 Å². The third-order valence-corrected chi connectivity index (χ3v) is 4.33. The van der Waals surface area contributed by atoms with Crippen molar-refractivity contribution < 1.29 is 8.78 Å². The first kappa shape index (κ1) is 13.0. The summed E-state index contributed by atoms with van der Waals surface area (Å²) in [7, 11) is 0. The van der Waals surface area contributed by atoms with Gasteiger partial charge in [-0.3, -0.25) is 0 Å². The predicted octanol–water partition coefficient (Wildman–Crippen LogP) is 4.31. The van der Waals surface area contributed by atoms with Crippen molar-refractivity contribution in [3.05, 3.63) is 33.8 Å². The molecule has 17 heavy (non-hydrogen) atoms. The lowest BCUT2D eigenvalue weighted by atomic mass is 9.94. The van der Waals surface area contributed by atoms with Gasteiger partial charge in [0.2, 0.25) is 0 Å². The lowest BCUT2D eigenvalue weighted by Gasteiger charge is -2.18. The smallest absolute Gasteiger partial charge is 0.173 e. The molecule has 1 saturated carbocycles. The Morgan fingerprint density at radius 2 is 1.94 bits per heavy atom. The molecular weight excluding hydrogens is 288 g/mol. The third kappa shape index (κ3) is 2.86. The molecular formula is C13H16BrF2N. The molecule has 4 heteroatoms. The van der Waals surface area contributed by atoms with E-state index in [9.17, 15) is 8.78 Å². The van der Waals surface area contributed by atoms with Gasteiger partial charge < -0.3 is 5.73 Å². The van der Waals surface area contributed by atoms with E-state index >= 15 is 0 Å². The summed E-state index contributed by atoms with van der Waals surface area (Å²) < 4.78 is 26.5. The summed E-state index contributed by atoms with van der Waals surface area (Å²) in [6.07, 6.45) is 5.78. The summed E-state index contributed by atoms with van der Waals surface area (Å²) in [5.41, 5.74) is 6.74. The van der Waals surface area contributed by atoms with Crippen LogP contribution < -0.4 is 5.73 Å². The van der Waals surface area contributed by atoms with E-state index < -0.39 is 11.6 Å². The molecule has 1 aromatic rings. The van der Waals surface area contributed by atoms with Gasteiger partial charge in [-0.15, -0.1) is 0 Å². The van der Waals surface area contributed by atoms with Crippen LogP contribution in [0.3, 0.4) is 0 Å². The van der Waals surface area contributed by atoms with Crippen molar-refractivity contribution in [1.29, 1.82) is 0 Å². The fourth-order valence-corrected chi connectivity index (χ4v) is 3.17. The topological polar surface area (TPSA) is 26.0 Å². The maximum absolute atomic E-state index is 13.4. The molecule has 0 aromatic heterocycles. The minimum Gasteiger partial charge on any atom is -0.324 e. The van der Waals surface area contributed by atoms with Gasteiger partial charge in [0, 0.05) is 6.04 Å². The molecule has 94 valence electrons. The van der Waals surface area contributed by atoms with Crippen LogP contribution in [0.5, 0.6) is 0 Å². The van der Waals surface area contributed by atoms with Crippen LogP contribution >= 0.6 is 15.9 Å². The van der Waals surface area contributed by atoms with E-state index in [0.717, 1.165) is 12.5 Å². The van der Waals surface area contributed by atoms with E-state index in [1.165, 1.54) is 25.7 Å². The summed E-state index contributed by atoms with van der Waals surface area (Å²) >= 11 is 3.09. The van der Waals surface area contributed by atoms with Crippen LogP contribution in [-0.2, 0) is 0 Å². The van der Waals surface area contributed by atoms with E-state index in [1.807, 2.05) is 0 Å². The second kappa shape index (κ2) is 5.44. The van der Waals surface area contributed by atoms with E-state index in [-0.39, 0.29) is 10.5 Å². The van der Waals surface area contributed by atoms with Gasteiger partial charge in [0.05, 0.1) is 4.47 Å². The van der Waals surface area contributed by atoms with Crippen molar-refractivity contribution in [3.8, 4) is 0 Å². The molecule has 2 N–H and O–H groups in total. The van der Waals surface area contributed by atoms with Crippen LogP contribution in [0.2, 0.25) is 0 Å². The number of hydrogen-bond acceptors (Lipinski definition) is 1. The Kier molecular flexibility index (Phi) is 4.15. The molecule has 2 rings (SSSR count). The van der Waals surface area contributed by atoms with Gasteiger partial charge in [-0.05, 0) is 39.9 Å². The van der Waals surface area contributed by atoms with Crippen LogP contribution in [0.15, 0.2) is 16.6 Å². The van der Waals surface area contributed by atoms with E-state index in [2.05, 4.69) is 15.9 Å². The molecule has 0 amide bonds. The summed E-state index contributed by atoms with van der Waals surface area (Å²) in [6.45, 7) is 0. The molecule has 0 bridgehead atoms. The molecule has 0 heterocycles. The molecule has 1 atom stereocenters. The molecule has 0 aliphatic heterocycles. The summed E-state index contributed by atoms with van der Waals surface area (Å²) in [4.78, 5) is 0. The van der Waals surface area contributed by atoms with Gasteiger partial charge in [-0.1, -0.05) is 31.7 Å². The van der Waals surface area contributed by atoms with Crippen LogP contribution in [0.4, 0.5) is 8.78 Å². The maximum Gasteiger partial charge on any atom is 0.173 e. The average molecular weight is 304 g/mol. The highest BCUT2D eigenvalue weighted by Crippen LogP contribution is 2.35. The largest absolute Gasteiger partial charge is 0.324 e. The lowest BCUT2D eigenvalue weighted by Crippen LogP contribution is -2.15. The first-order chi connectivity index (χ1) is 8.09. The van der Waals surface area contributed by atoms with Crippen molar-refractivity contribution in [2.75, 3.05) is 0 Å². The standard InChI is InChI=1S/C13H16BrF2N/c14-12-9(5-6-10(15)13(12)16)11(17)7-8-3-1-2-4-8/h5-6,8,11H,1-4,7,17H2. The highest BCUT2D eigenvalue weighted by molar-refractivity contribution is 9.10. The molecule has 1 aromatic carbocycles. The van der Waals surface area contributed by atoms with Crippen molar-refractivity contribution in [1.82, 2.24) is 0 Å². The van der Waals surface area contributed by atoms with Crippen LogP contribution in [0.1, 0.15) is 43.7 Å². The Bertz CT molecular complexity index is 403. The Hall–Kier alpha value is -0.480. The zero-order valence-electron chi connectivity index (χ0n) is 9.56. The zero-order valence-corrected chi connectivity index (χ0v) is 11.1. The Balaban J connectivity index is 2.13. The number of halogens is 3. The maximum atomic E-state index is 13.4. The molecule has 1 unspecified atom stereocenters. The highest BCUT2D eigenvalue weighted by Gasteiger charge is 2.22. The van der Waals surface area contributed by atoms with Crippen LogP contribution in [0, 0.1) is 17.6 Å². The minimum absolute atomic E-state index is 0.169. The van der Waals surface area contributed by atoms with E-state index in [1.54, 1.807) is 6.07 Å². The van der Waals surface area contributed by atoms with Crippen molar-refractivity contribution in [3.63, 3.8) is 0 Å². The summed E-state index contributed by atoms with van der Waals surface area (Å²) in [5.74, 6) is -1.05.